The highest BCUT2D eigenvalue weighted by Crippen LogP contribution is 2.12. The first kappa shape index (κ1) is 16.2. The van der Waals surface area contributed by atoms with Crippen LogP contribution < -0.4 is 5.32 Å². The Kier molecular flexibility index (Phi) is 4.61. The fourth-order valence-electron chi connectivity index (χ4n) is 2.29. The van der Waals surface area contributed by atoms with Crippen LogP contribution in [0.15, 0.2) is 43.0 Å². The molecule has 0 aliphatic heterocycles. The van der Waals surface area contributed by atoms with E-state index in [-0.39, 0.29) is 11.9 Å². The Morgan fingerprint density at radius 2 is 2.25 bits per heavy atom. The summed E-state index contributed by atoms with van der Waals surface area (Å²) in [5, 5.41) is 11.5. The van der Waals surface area contributed by atoms with Crippen molar-refractivity contribution in [1.29, 1.82) is 0 Å². The first-order valence-corrected chi connectivity index (χ1v) is 7.84. The fourth-order valence-corrected chi connectivity index (χ4v) is 2.43. The fraction of sp³-hybridized carbons (Fsp3) is 0.250. The average molecular weight is 345 g/mol. The van der Waals surface area contributed by atoms with Crippen LogP contribution in [0, 0.1) is 6.92 Å². The molecule has 1 N–H and O–H groups in total. The number of hydrogen-bond acceptors (Lipinski definition) is 4. The molecule has 0 fully saturated rings. The van der Waals surface area contributed by atoms with E-state index in [1.54, 1.807) is 24.1 Å². The van der Waals surface area contributed by atoms with Gasteiger partial charge < -0.3 is 0 Å². The van der Waals surface area contributed by atoms with E-state index in [1.165, 1.54) is 16.4 Å². The van der Waals surface area contributed by atoms with E-state index in [4.69, 9.17) is 11.6 Å². The molecule has 0 saturated carbocycles. The molecule has 124 valence electrons. The predicted octanol–water partition coefficient (Wildman–Crippen LogP) is 2.68. The Bertz CT molecular complexity index is 856. The number of carbonyl (C=O) groups excluding carboxylic acids is 1. The van der Waals surface area contributed by atoms with Gasteiger partial charge in [-0.15, -0.1) is 5.10 Å². The molecule has 24 heavy (non-hydrogen) atoms. The van der Waals surface area contributed by atoms with Crippen LogP contribution in [-0.2, 0) is 11.3 Å². The molecule has 2 aromatic heterocycles. The Morgan fingerprint density at radius 3 is 2.96 bits per heavy atom. The molecule has 7 nitrogen and oxygen atoms in total. The molecule has 0 bridgehead atoms. The standard InChI is InChI=1S/C16H17ClN6O/c1-11-4-3-5-13(6-11)8-22-10-18-16(21-22)20-15(24)12(2)23-9-14(17)7-19-23/h3-7,9-10,12H,8H2,1-2H3,(H,20,21,24). The Morgan fingerprint density at radius 1 is 1.42 bits per heavy atom. The van der Waals surface area contributed by atoms with Crippen LogP contribution in [0.2, 0.25) is 5.02 Å². The zero-order chi connectivity index (χ0) is 17.1. The molecule has 0 saturated heterocycles. The summed E-state index contributed by atoms with van der Waals surface area (Å²) < 4.78 is 3.17. The molecular weight excluding hydrogens is 328 g/mol. The highest BCUT2D eigenvalue weighted by atomic mass is 35.5. The molecule has 2 heterocycles. The van der Waals surface area contributed by atoms with E-state index in [2.05, 4.69) is 26.6 Å². The maximum atomic E-state index is 12.2. The number of halogens is 1. The summed E-state index contributed by atoms with van der Waals surface area (Å²) in [4.78, 5) is 16.4. The zero-order valence-electron chi connectivity index (χ0n) is 13.3. The van der Waals surface area contributed by atoms with Crippen molar-refractivity contribution >= 4 is 23.5 Å². The van der Waals surface area contributed by atoms with Gasteiger partial charge in [-0.2, -0.15) is 5.10 Å². The smallest absolute Gasteiger partial charge is 0.251 e. The van der Waals surface area contributed by atoms with Crippen molar-refractivity contribution in [1.82, 2.24) is 24.5 Å². The van der Waals surface area contributed by atoms with Gasteiger partial charge in [0.05, 0.1) is 17.8 Å². The van der Waals surface area contributed by atoms with E-state index in [0.29, 0.717) is 11.6 Å². The third-order valence-corrected chi connectivity index (χ3v) is 3.74. The Hall–Kier alpha value is -2.67. The van der Waals surface area contributed by atoms with Gasteiger partial charge in [0.25, 0.3) is 5.91 Å². The van der Waals surface area contributed by atoms with Crippen LogP contribution in [0.3, 0.4) is 0 Å². The maximum Gasteiger partial charge on any atom is 0.251 e. The molecule has 1 unspecified atom stereocenters. The SMILES string of the molecule is Cc1cccc(Cn2cnc(NC(=O)C(C)n3cc(Cl)cn3)n2)c1. The van der Waals surface area contributed by atoms with Crippen LogP contribution in [0.4, 0.5) is 5.95 Å². The van der Waals surface area contributed by atoms with Crippen molar-refractivity contribution in [2.24, 2.45) is 0 Å². The molecule has 1 atom stereocenters. The van der Waals surface area contributed by atoms with Crippen LogP contribution in [0.25, 0.3) is 0 Å². The van der Waals surface area contributed by atoms with Crippen molar-refractivity contribution in [3.63, 3.8) is 0 Å². The summed E-state index contributed by atoms with van der Waals surface area (Å²) in [7, 11) is 0. The number of nitrogens with one attached hydrogen (secondary N) is 1. The van der Waals surface area contributed by atoms with Gasteiger partial charge in [-0.25, -0.2) is 9.67 Å². The molecule has 0 spiro atoms. The van der Waals surface area contributed by atoms with E-state index in [0.717, 1.165) is 5.56 Å². The van der Waals surface area contributed by atoms with Crippen LogP contribution in [-0.4, -0.2) is 30.5 Å². The van der Waals surface area contributed by atoms with E-state index in [9.17, 15) is 4.79 Å². The van der Waals surface area contributed by atoms with Gasteiger partial charge in [0.15, 0.2) is 0 Å². The van der Waals surface area contributed by atoms with Crippen molar-refractivity contribution in [2.45, 2.75) is 26.4 Å². The lowest BCUT2D eigenvalue weighted by molar-refractivity contribution is -0.119. The van der Waals surface area contributed by atoms with E-state index in [1.807, 2.05) is 25.1 Å². The molecule has 1 amide bonds. The number of nitrogens with zero attached hydrogens (tertiary/aromatic N) is 5. The quantitative estimate of drug-likeness (QED) is 0.772. The third-order valence-electron chi connectivity index (χ3n) is 3.54. The summed E-state index contributed by atoms with van der Waals surface area (Å²) in [5.41, 5.74) is 2.31. The summed E-state index contributed by atoms with van der Waals surface area (Å²) >= 11 is 5.82. The number of aryl methyl sites for hydroxylation is 1. The second-order valence-corrected chi connectivity index (χ2v) is 6.00. The summed E-state index contributed by atoms with van der Waals surface area (Å²) in [6, 6.07) is 7.64. The minimum Gasteiger partial charge on any atom is -0.291 e. The Balaban J connectivity index is 1.64. The van der Waals surface area contributed by atoms with Gasteiger partial charge in [-0.3, -0.25) is 14.8 Å². The van der Waals surface area contributed by atoms with E-state index >= 15 is 0 Å². The van der Waals surface area contributed by atoms with Gasteiger partial charge in [0.2, 0.25) is 5.95 Å². The van der Waals surface area contributed by atoms with Crippen molar-refractivity contribution in [3.05, 3.63) is 59.1 Å². The molecular formula is C16H17ClN6O. The summed E-state index contributed by atoms with van der Waals surface area (Å²) in [6.45, 7) is 4.36. The topological polar surface area (TPSA) is 77.6 Å². The number of benzene rings is 1. The number of anilines is 1. The molecule has 0 aliphatic carbocycles. The second kappa shape index (κ2) is 6.84. The van der Waals surface area contributed by atoms with Crippen LogP contribution in [0.1, 0.15) is 24.1 Å². The predicted molar refractivity (Wildman–Crippen MR) is 90.9 cm³/mol. The van der Waals surface area contributed by atoms with Crippen molar-refractivity contribution in [2.75, 3.05) is 5.32 Å². The first-order chi connectivity index (χ1) is 11.5. The minimum absolute atomic E-state index is 0.261. The molecule has 1 aromatic carbocycles. The van der Waals surface area contributed by atoms with Crippen molar-refractivity contribution < 1.29 is 4.79 Å². The lowest BCUT2D eigenvalue weighted by Crippen LogP contribution is -2.24. The van der Waals surface area contributed by atoms with Crippen LogP contribution >= 0.6 is 11.6 Å². The summed E-state index contributed by atoms with van der Waals surface area (Å²) in [6.07, 6.45) is 4.67. The normalized spacial score (nSPS) is 12.1. The number of rotatable bonds is 5. The Labute approximate surface area is 144 Å². The number of hydrogen-bond donors (Lipinski definition) is 1. The average Bonchev–Trinajstić information content (AvgIpc) is 3.16. The van der Waals surface area contributed by atoms with Gasteiger partial charge >= 0.3 is 0 Å². The second-order valence-electron chi connectivity index (χ2n) is 5.56. The van der Waals surface area contributed by atoms with Gasteiger partial charge in [0, 0.05) is 6.20 Å². The number of carbonyl (C=O) groups is 1. The summed E-state index contributed by atoms with van der Waals surface area (Å²) in [5.74, 6) is 0.000767. The lowest BCUT2D eigenvalue weighted by Gasteiger charge is -2.10. The molecule has 3 rings (SSSR count). The first-order valence-electron chi connectivity index (χ1n) is 7.47. The van der Waals surface area contributed by atoms with Gasteiger partial charge in [0.1, 0.15) is 12.4 Å². The monoisotopic (exact) mass is 344 g/mol. The molecule has 0 aliphatic rings. The van der Waals surface area contributed by atoms with Gasteiger partial charge in [-0.05, 0) is 19.4 Å². The third kappa shape index (κ3) is 3.80. The molecule has 3 aromatic rings. The number of aromatic nitrogens is 5. The highest BCUT2D eigenvalue weighted by molar-refractivity contribution is 6.30. The molecule has 0 radical (unpaired) electrons. The highest BCUT2D eigenvalue weighted by Gasteiger charge is 2.17. The largest absolute Gasteiger partial charge is 0.291 e. The van der Waals surface area contributed by atoms with Crippen LogP contribution in [0.5, 0.6) is 0 Å². The zero-order valence-corrected chi connectivity index (χ0v) is 14.1. The van der Waals surface area contributed by atoms with Crippen molar-refractivity contribution in [3.8, 4) is 0 Å². The maximum absolute atomic E-state index is 12.2. The van der Waals surface area contributed by atoms with E-state index < -0.39 is 6.04 Å². The lowest BCUT2D eigenvalue weighted by atomic mass is 10.1. The van der Waals surface area contributed by atoms with Gasteiger partial charge in [-0.1, -0.05) is 41.4 Å². The minimum atomic E-state index is -0.513. The number of amides is 1. The molecule has 8 heteroatoms.